The molecule has 0 radical (unpaired) electrons. The molecule has 0 heterocycles. The van der Waals surface area contributed by atoms with Crippen LogP contribution in [0.3, 0.4) is 0 Å². The van der Waals surface area contributed by atoms with Crippen molar-refractivity contribution in [3.63, 3.8) is 0 Å². The lowest BCUT2D eigenvalue weighted by molar-refractivity contribution is -0.131. The lowest BCUT2D eigenvalue weighted by Gasteiger charge is -2.18. The molecule has 1 rings (SSSR count). The van der Waals surface area contributed by atoms with Crippen molar-refractivity contribution in [3.8, 4) is 0 Å². The van der Waals surface area contributed by atoms with Gasteiger partial charge in [0.15, 0.2) is 0 Å². The molecule has 0 spiro atoms. The predicted molar refractivity (Wildman–Crippen MR) is 82.9 cm³/mol. The highest BCUT2D eigenvalue weighted by atomic mass is 16.4. The molecule has 1 aromatic rings. The van der Waals surface area contributed by atoms with Crippen molar-refractivity contribution >= 4 is 18.1 Å². The van der Waals surface area contributed by atoms with Crippen molar-refractivity contribution in [2.24, 2.45) is 0 Å². The van der Waals surface area contributed by atoms with Crippen molar-refractivity contribution in [1.82, 2.24) is 10.2 Å². The van der Waals surface area contributed by atoms with E-state index >= 15 is 0 Å². The van der Waals surface area contributed by atoms with Gasteiger partial charge in [0.1, 0.15) is 0 Å². The van der Waals surface area contributed by atoms with Crippen LogP contribution in [0.4, 0.5) is 4.79 Å². The number of amides is 2. The number of hydrogen-bond acceptors (Lipinski definition) is 2. The molecule has 5 heteroatoms. The number of nitrogens with one attached hydrogen (secondary N) is 1. The van der Waals surface area contributed by atoms with E-state index in [2.05, 4.69) is 12.2 Å². The average molecular weight is 290 g/mol. The van der Waals surface area contributed by atoms with Crippen LogP contribution in [-0.2, 0) is 11.3 Å². The minimum Gasteiger partial charge on any atom is -0.478 e. The Balaban J connectivity index is 2.59. The maximum atomic E-state index is 11.8. The quantitative estimate of drug-likeness (QED) is 0.599. The number of carboxylic acids is 1. The van der Waals surface area contributed by atoms with Gasteiger partial charge in [-0.3, -0.25) is 0 Å². The molecule has 0 aliphatic rings. The molecule has 0 saturated carbocycles. The van der Waals surface area contributed by atoms with E-state index in [-0.39, 0.29) is 6.03 Å². The molecule has 0 atom stereocenters. The number of rotatable bonds is 7. The lowest BCUT2D eigenvalue weighted by Crippen LogP contribution is -2.37. The van der Waals surface area contributed by atoms with E-state index in [0.717, 1.165) is 30.0 Å². The van der Waals surface area contributed by atoms with E-state index < -0.39 is 5.97 Å². The fourth-order valence-electron chi connectivity index (χ4n) is 1.82. The monoisotopic (exact) mass is 290 g/mol. The second-order valence-corrected chi connectivity index (χ2v) is 4.86. The number of aliphatic carboxylic acids is 1. The van der Waals surface area contributed by atoms with Crippen molar-refractivity contribution in [1.29, 1.82) is 0 Å². The number of carboxylic acid groups (broad SMARTS) is 1. The maximum Gasteiger partial charge on any atom is 0.328 e. The Kier molecular flexibility index (Phi) is 7.01. The lowest BCUT2D eigenvalue weighted by atomic mass is 10.1. The van der Waals surface area contributed by atoms with Crippen LogP contribution in [0.15, 0.2) is 30.3 Å². The van der Waals surface area contributed by atoms with Gasteiger partial charge in [0.05, 0.1) is 0 Å². The SMILES string of the molecule is CCCCNC(=O)N(C)Cc1cccc(C=CC(=O)O)c1. The van der Waals surface area contributed by atoms with Crippen LogP contribution in [0.25, 0.3) is 6.08 Å². The highest BCUT2D eigenvalue weighted by Crippen LogP contribution is 2.09. The zero-order chi connectivity index (χ0) is 15.7. The highest BCUT2D eigenvalue weighted by Gasteiger charge is 2.08. The van der Waals surface area contributed by atoms with Gasteiger partial charge in [0.2, 0.25) is 0 Å². The summed E-state index contributed by atoms with van der Waals surface area (Å²) in [5, 5.41) is 11.5. The van der Waals surface area contributed by atoms with E-state index in [4.69, 9.17) is 5.11 Å². The molecule has 0 bridgehead atoms. The van der Waals surface area contributed by atoms with Crippen molar-refractivity contribution < 1.29 is 14.7 Å². The first-order chi connectivity index (χ1) is 10.0. The number of unbranched alkanes of at least 4 members (excludes halogenated alkanes) is 1. The number of urea groups is 1. The van der Waals surface area contributed by atoms with Crippen molar-refractivity contribution in [2.45, 2.75) is 26.3 Å². The predicted octanol–water partition coefficient (Wildman–Crippen LogP) is 2.73. The van der Waals surface area contributed by atoms with E-state index in [9.17, 15) is 9.59 Å². The summed E-state index contributed by atoms with van der Waals surface area (Å²) in [6.45, 7) is 3.24. The number of carbonyl (C=O) groups is 2. The van der Waals surface area contributed by atoms with E-state index in [1.54, 1.807) is 11.9 Å². The molecule has 0 aromatic heterocycles. The minimum absolute atomic E-state index is 0.102. The molecule has 0 aliphatic heterocycles. The van der Waals surface area contributed by atoms with Gasteiger partial charge >= 0.3 is 12.0 Å². The molecule has 2 amide bonds. The summed E-state index contributed by atoms with van der Waals surface area (Å²) < 4.78 is 0. The van der Waals surface area contributed by atoms with Gasteiger partial charge in [0, 0.05) is 26.2 Å². The van der Waals surface area contributed by atoms with Crippen molar-refractivity contribution in [2.75, 3.05) is 13.6 Å². The fraction of sp³-hybridized carbons (Fsp3) is 0.375. The molecular formula is C16H22N2O3. The first kappa shape index (κ1) is 16.8. The van der Waals surface area contributed by atoms with Gasteiger partial charge < -0.3 is 15.3 Å². The second kappa shape index (κ2) is 8.79. The van der Waals surface area contributed by atoms with Crippen LogP contribution in [0, 0.1) is 0 Å². The normalized spacial score (nSPS) is 10.6. The van der Waals surface area contributed by atoms with Gasteiger partial charge in [-0.2, -0.15) is 0 Å². The molecule has 2 N–H and O–H groups in total. The third-order valence-corrected chi connectivity index (χ3v) is 2.94. The Hall–Kier alpha value is -2.30. The average Bonchev–Trinajstić information content (AvgIpc) is 2.45. The van der Waals surface area contributed by atoms with Gasteiger partial charge in [0.25, 0.3) is 0 Å². The van der Waals surface area contributed by atoms with Gasteiger partial charge in [-0.05, 0) is 29.7 Å². The fourth-order valence-corrected chi connectivity index (χ4v) is 1.82. The summed E-state index contributed by atoms with van der Waals surface area (Å²) in [4.78, 5) is 24.0. The van der Waals surface area contributed by atoms with Crippen LogP contribution >= 0.6 is 0 Å². The van der Waals surface area contributed by atoms with Crippen LogP contribution < -0.4 is 5.32 Å². The van der Waals surface area contributed by atoms with Crippen LogP contribution in [0.1, 0.15) is 30.9 Å². The Bertz CT molecular complexity index is 512. The zero-order valence-corrected chi connectivity index (χ0v) is 12.5. The summed E-state index contributed by atoms with van der Waals surface area (Å²) in [5.41, 5.74) is 1.75. The summed E-state index contributed by atoms with van der Waals surface area (Å²) in [7, 11) is 1.74. The summed E-state index contributed by atoms with van der Waals surface area (Å²) in [6, 6.07) is 7.35. The topological polar surface area (TPSA) is 69.6 Å². The Morgan fingerprint density at radius 3 is 2.81 bits per heavy atom. The Morgan fingerprint density at radius 2 is 2.14 bits per heavy atom. The number of hydrogen-bond donors (Lipinski definition) is 2. The number of nitrogens with zero attached hydrogens (tertiary/aromatic N) is 1. The molecular weight excluding hydrogens is 268 g/mol. The van der Waals surface area contributed by atoms with Gasteiger partial charge in [-0.1, -0.05) is 31.5 Å². The smallest absolute Gasteiger partial charge is 0.328 e. The highest BCUT2D eigenvalue weighted by molar-refractivity contribution is 5.85. The van der Waals surface area contributed by atoms with E-state index in [1.807, 2.05) is 24.3 Å². The van der Waals surface area contributed by atoms with Crippen LogP contribution in [0.2, 0.25) is 0 Å². The number of benzene rings is 1. The summed E-state index contributed by atoms with van der Waals surface area (Å²) in [5.74, 6) is -0.979. The third kappa shape index (κ3) is 6.61. The van der Waals surface area contributed by atoms with E-state index in [1.165, 1.54) is 6.08 Å². The van der Waals surface area contributed by atoms with Gasteiger partial charge in [-0.15, -0.1) is 0 Å². The molecule has 0 saturated heterocycles. The molecule has 114 valence electrons. The number of carbonyl (C=O) groups excluding carboxylic acids is 1. The first-order valence-electron chi connectivity index (χ1n) is 7.02. The minimum atomic E-state index is -0.979. The van der Waals surface area contributed by atoms with Gasteiger partial charge in [-0.25, -0.2) is 9.59 Å². The van der Waals surface area contributed by atoms with Crippen LogP contribution in [-0.4, -0.2) is 35.6 Å². The standard InChI is InChI=1S/C16H22N2O3/c1-3-4-10-17-16(21)18(2)12-14-7-5-6-13(11-14)8-9-15(19)20/h5-9,11H,3-4,10,12H2,1-2H3,(H,17,21)(H,19,20). The Morgan fingerprint density at radius 1 is 1.38 bits per heavy atom. The Labute approximate surface area is 125 Å². The van der Waals surface area contributed by atoms with E-state index in [0.29, 0.717) is 13.1 Å². The molecule has 0 fully saturated rings. The molecule has 1 aromatic carbocycles. The molecule has 21 heavy (non-hydrogen) atoms. The molecule has 0 unspecified atom stereocenters. The third-order valence-electron chi connectivity index (χ3n) is 2.94. The van der Waals surface area contributed by atoms with Crippen LogP contribution in [0.5, 0.6) is 0 Å². The maximum absolute atomic E-state index is 11.8. The molecule has 5 nitrogen and oxygen atoms in total. The summed E-state index contributed by atoms with van der Waals surface area (Å²) >= 11 is 0. The molecule has 0 aliphatic carbocycles. The van der Waals surface area contributed by atoms with Crippen molar-refractivity contribution in [3.05, 3.63) is 41.5 Å². The summed E-state index contributed by atoms with van der Waals surface area (Å²) in [6.07, 6.45) is 4.64. The largest absolute Gasteiger partial charge is 0.478 e. The second-order valence-electron chi connectivity index (χ2n) is 4.86. The first-order valence-corrected chi connectivity index (χ1v) is 7.02. The zero-order valence-electron chi connectivity index (χ0n) is 12.5.